The molecule has 0 aliphatic carbocycles. The van der Waals surface area contributed by atoms with Crippen LogP contribution in [0.25, 0.3) is 5.69 Å². The van der Waals surface area contributed by atoms with Crippen LogP contribution in [0.5, 0.6) is 0 Å². The van der Waals surface area contributed by atoms with Crippen LogP contribution in [0, 0.1) is 13.8 Å². The molecule has 0 fully saturated rings. The number of rotatable bonds is 5. The number of hydrogen-bond donors (Lipinski definition) is 1. The molecule has 0 aliphatic heterocycles. The van der Waals surface area contributed by atoms with E-state index in [0.29, 0.717) is 5.69 Å². The normalized spacial score (nSPS) is 13.1. The SMILES string of the molecule is Cc1noc(C)c1S(=O)(=O)N[C@@H](C)c1ccc(-n2cccc2)cc1. The highest BCUT2D eigenvalue weighted by atomic mass is 32.2. The van der Waals surface area contributed by atoms with Gasteiger partial charge in [-0.1, -0.05) is 17.3 Å². The Kier molecular flexibility index (Phi) is 4.29. The molecule has 126 valence electrons. The first-order chi connectivity index (χ1) is 11.4. The first-order valence-electron chi connectivity index (χ1n) is 7.57. The fourth-order valence-electron chi connectivity index (χ4n) is 2.66. The number of nitrogens with one attached hydrogen (secondary N) is 1. The van der Waals surface area contributed by atoms with Crippen LogP contribution in [0.4, 0.5) is 0 Å². The van der Waals surface area contributed by atoms with Crippen LogP contribution in [0.15, 0.2) is 58.2 Å². The van der Waals surface area contributed by atoms with E-state index >= 15 is 0 Å². The second-order valence-corrected chi connectivity index (χ2v) is 7.33. The van der Waals surface area contributed by atoms with Crippen molar-refractivity contribution in [2.75, 3.05) is 0 Å². The molecule has 2 heterocycles. The molecule has 0 aliphatic rings. The lowest BCUT2D eigenvalue weighted by atomic mass is 10.1. The molecule has 3 rings (SSSR count). The van der Waals surface area contributed by atoms with Crippen molar-refractivity contribution in [2.24, 2.45) is 0 Å². The molecule has 24 heavy (non-hydrogen) atoms. The minimum atomic E-state index is -3.69. The van der Waals surface area contributed by atoms with Crippen molar-refractivity contribution in [3.05, 3.63) is 65.8 Å². The largest absolute Gasteiger partial charge is 0.360 e. The molecule has 0 unspecified atom stereocenters. The first kappa shape index (κ1) is 16.5. The maximum absolute atomic E-state index is 12.6. The third-order valence-electron chi connectivity index (χ3n) is 3.86. The van der Waals surface area contributed by atoms with E-state index < -0.39 is 10.0 Å². The Balaban J connectivity index is 1.81. The zero-order valence-electron chi connectivity index (χ0n) is 13.7. The van der Waals surface area contributed by atoms with Gasteiger partial charge in [0.15, 0.2) is 5.76 Å². The van der Waals surface area contributed by atoms with E-state index in [1.807, 2.05) is 53.4 Å². The van der Waals surface area contributed by atoms with Crippen LogP contribution >= 0.6 is 0 Å². The standard InChI is InChI=1S/C17H19N3O3S/c1-12(19-24(21,22)17-13(2)18-23-14(17)3)15-6-8-16(9-7-15)20-10-4-5-11-20/h4-12,19H,1-3H3/t12-/m0/s1. The first-order valence-corrected chi connectivity index (χ1v) is 9.05. The summed E-state index contributed by atoms with van der Waals surface area (Å²) in [6, 6.07) is 11.3. The Bertz CT molecular complexity index is 907. The molecule has 0 saturated carbocycles. The van der Waals surface area contributed by atoms with Crippen molar-refractivity contribution in [3.8, 4) is 5.69 Å². The summed E-state index contributed by atoms with van der Waals surface area (Å²) in [6.07, 6.45) is 3.91. The van der Waals surface area contributed by atoms with Gasteiger partial charge in [0.25, 0.3) is 0 Å². The molecule has 7 heteroatoms. The summed E-state index contributed by atoms with van der Waals surface area (Å²) >= 11 is 0. The maximum Gasteiger partial charge on any atom is 0.246 e. The highest BCUT2D eigenvalue weighted by Crippen LogP contribution is 2.22. The van der Waals surface area contributed by atoms with E-state index in [-0.39, 0.29) is 16.7 Å². The summed E-state index contributed by atoms with van der Waals surface area (Å²) in [5.74, 6) is 0.287. The Labute approximate surface area is 141 Å². The predicted molar refractivity (Wildman–Crippen MR) is 90.5 cm³/mol. The minimum Gasteiger partial charge on any atom is -0.360 e. The molecule has 1 atom stereocenters. The summed E-state index contributed by atoms with van der Waals surface area (Å²) < 4.78 is 34.7. The van der Waals surface area contributed by atoms with E-state index in [4.69, 9.17) is 4.52 Å². The predicted octanol–water partition coefficient (Wildman–Crippen LogP) is 3.12. The maximum atomic E-state index is 12.6. The zero-order chi connectivity index (χ0) is 17.3. The van der Waals surface area contributed by atoms with Crippen LogP contribution in [0.2, 0.25) is 0 Å². The molecular formula is C17H19N3O3S. The van der Waals surface area contributed by atoms with E-state index in [9.17, 15) is 8.42 Å². The molecule has 1 aromatic carbocycles. The van der Waals surface area contributed by atoms with Gasteiger partial charge >= 0.3 is 0 Å². The second-order valence-electron chi connectivity index (χ2n) is 5.68. The number of aryl methyl sites for hydroxylation is 2. The molecule has 2 aromatic heterocycles. The molecule has 0 amide bonds. The van der Waals surface area contributed by atoms with Gasteiger partial charge in [-0.2, -0.15) is 0 Å². The molecule has 6 nitrogen and oxygen atoms in total. The Morgan fingerprint density at radius 1 is 1.12 bits per heavy atom. The van der Waals surface area contributed by atoms with Gasteiger partial charge in [0.1, 0.15) is 10.6 Å². The van der Waals surface area contributed by atoms with Crippen LogP contribution in [-0.4, -0.2) is 18.1 Å². The molecule has 0 radical (unpaired) electrons. The van der Waals surface area contributed by atoms with Gasteiger partial charge in [-0.3, -0.25) is 0 Å². The number of nitrogens with zero attached hydrogens (tertiary/aromatic N) is 2. The number of hydrogen-bond acceptors (Lipinski definition) is 4. The fourth-order valence-corrected chi connectivity index (χ4v) is 4.22. The highest BCUT2D eigenvalue weighted by Gasteiger charge is 2.26. The summed E-state index contributed by atoms with van der Waals surface area (Å²) in [4.78, 5) is 0.110. The number of benzene rings is 1. The lowest BCUT2D eigenvalue weighted by molar-refractivity contribution is 0.390. The average molecular weight is 345 g/mol. The number of aromatic nitrogens is 2. The van der Waals surface area contributed by atoms with Gasteiger partial charge in [-0.15, -0.1) is 0 Å². The molecular weight excluding hydrogens is 326 g/mol. The summed E-state index contributed by atoms with van der Waals surface area (Å²) in [5, 5.41) is 3.71. The van der Waals surface area contributed by atoms with Crippen molar-refractivity contribution >= 4 is 10.0 Å². The lowest BCUT2D eigenvalue weighted by Crippen LogP contribution is -2.27. The van der Waals surface area contributed by atoms with E-state index in [0.717, 1.165) is 11.3 Å². The van der Waals surface area contributed by atoms with Gasteiger partial charge in [0.2, 0.25) is 10.0 Å². The van der Waals surface area contributed by atoms with Crippen LogP contribution in [0.1, 0.15) is 30.0 Å². The molecule has 0 spiro atoms. The van der Waals surface area contributed by atoms with Crippen LogP contribution in [0.3, 0.4) is 0 Å². The molecule has 1 N–H and O–H groups in total. The minimum absolute atomic E-state index is 0.110. The van der Waals surface area contributed by atoms with Crippen molar-refractivity contribution in [3.63, 3.8) is 0 Å². The van der Waals surface area contributed by atoms with Gasteiger partial charge in [0, 0.05) is 24.1 Å². The molecule has 0 bridgehead atoms. The quantitative estimate of drug-likeness (QED) is 0.771. The third-order valence-corrected chi connectivity index (χ3v) is 5.65. The second kappa shape index (κ2) is 6.26. The number of sulfonamides is 1. The monoisotopic (exact) mass is 345 g/mol. The highest BCUT2D eigenvalue weighted by molar-refractivity contribution is 7.89. The Morgan fingerprint density at radius 2 is 1.75 bits per heavy atom. The van der Waals surface area contributed by atoms with Crippen molar-refractivity contribution in [1.82, 2.24) is 14.4 Å². The average Bonchev–Trinajstić information content (AvgIpc) is 3.17. The van der Waals surface area contributed by atoms with E-state index in [1.54, 1.807) is 20.8 Å². The van der Waals surface area contributed by atoms with Gasteiger partial charge in [-0.25, -0.2) is 13.1 Å². The zero-order valence-corrected chi connectivity index (χ0v) is 14.5. The van der Waals surface area contributed by atoms with Crippen molar-refractivity contribution in [2.45, 2.75) is 31.7 Å². The topological polar surface area (TPSA) is 77.1 Å². The summed E-state index contributed by atoms with van der Waals surface area (Å²) in [5.41, 5.74) is 2.25. The van der Waals surface area contributed by atoms with Crippen molar-refractivity contribution in [1.29, 1.82) is 0 Å². The van der Waals surface area contributed by atoms with Crippen LogP contribution < -0.4 is 4.72 Å². The van der Waals surface area contributed by atoms with Crippen LogP contribution in [-0.2, 0) is 10.0 Å². The Morgan fingerprint density at radius 3 is 2.29 bits per heavy atom. The molecule has 3 aromatic rings. The lowest BCUT2D eigenvalue weighted by Gasteiger charge is -2.15. The smallest absolute Gasteiger partial charge is 0.246 e. The Hall–Kier alpha value is -2.38. The molecule has 0 saturated heterocycles. The van der Waals surface area contributed by atoms with Gasteiger partial charge in [0.05, 0.1) is 0 Å². The van der Waals surface area contributed by atoms with E-state index in [2.05, 4.69) is 9.88 Å². The summed E-state index contributed by atoms with van der Waals surface area (Å²) in [7, 11) is -3.69. The third kappa shape index (κ3) is 3.13. The van der Waals surface area contributed by atoms with E-state index in [1.165, 1.54) is 0 Å². The fraction of sp³-hybridized carbons (Fsp3) is 0.235. The summed E-state index contributed by atoms with van der Waals surface area (Å²) in [6.45, 7) is 5.01. The van der Waals surface area contributed by atoms with Gasteiger partial charge < -0.3 is 9.09 Å². The van der Waals surface area contributed by atoms with Gasteiger partial charge in [-0.05, 0) is 50.6 Å². The van der Waals surface area contributed by atoms with Crippen molar-refractivity contribution < 1.29 is 12.9 Å².